The summed E-state index contributed by atoms with van der Waals surface area (Å²) in [6.07, 6.45) is -0.559. The van der Waals surface area contributed by atoms with Crippen LogP contribution in [-0.2, 0) is 34.9 Å². The summed E-state index contributed by atoms with van der Waals surface area (Å²) >= 11 is 0. The molecule has 0 saturated carbocycles. The monoisotopic (exact) mass is 510 g/mol. The molecular formula is C29H34O8. The van der Waals surface area contributed by atoms with E-state index in [0.717, 1.165) is 11.1 Å². The first kappa shape index (κ1) is 28.1. The molecule has 3 aromatic carbocycles. The molecule has 0 spiro atoms. The zero-order chi connectivity index (χ0) is 26.1. The maximum absolute atomic E-state index is 13.2. The Morgan fingerprint density at radius 1 is 0.676 bits per heavy atom. The Hall–Kier alpha value is -3.43. The van der Waals surface area contributed by atoms with Gasteiger partial charge in [0.1, 0.15) is 0 Å². The number of benzene rings is 3. The van der Waals surface area contributed by atoms with Crippen molar-refractivity contribution < 1.29 is 38.0 Å². The molecule has 0 heterocycles. The van der Waals surface area contributed by atoms with Gasteiger partial charge in [0.2, 0.25) is 0 Å². The van der Waals surface area contributed by atoms with E-state index in [-0.39, 0.29) is 20.0 Å². The van der Waals surface area contributed by atoms with E-state index in [0.29, 0.717) is 43.5 Å². The van der Waals surface area contributed by atoms with Gasteiger partial charge in [0.15, 0.2) is 31.2 Å². The molecule has 37 heavy (non-hydrogen) atoms. The van der Waals surface area contributed by atoms with Gasteiger partial charge in [-0.05, 0) is 17.2 Å². The first-order chi connectivity index (χ1) is 18.2. The van der Waals surface area contributed by atoms with E-state index in [1.165, 1.54) is 0 Å². The van der Waals surface area contributed by atoms with Crippen molar-refractivity contribution in [3.05, 3.63) is 95.6 Å². The van der Waals surface area contributed by atoms with Gasteiger partial charge < -0.3 is 33.2 Å². The Morgan fingerprint density at radius 2 is 1.24 bits per heavy atom. The van der Waals surface area contributed by atoms with E-state index >= 15 is 0 Å². The van der Waals surface area contributed by atoms with Crippen molar-refractivity contribution in [3.8, 4) is 11.5 Å². The second kappa shape index (κ2) is 16.3. The fourth-order valence-corrected chi connectivity index (χ4v) is 3.50. The molecule has 0 radical (unpaired) electrons. The largest absolute Gasteiger partial charge is 0.464 e. The first-order valence-corrected chi connectivity index (χ1v) is 12.0. The molecule has 3 aromatic rings. The van der Waals surface area contributed by atoms with Crippen LogP contribution in [0.2, 0.25) is 0 Å². The van der Waals surface area contributed by atoms with Crippen LogP contribution in [0.15, 0.2) is 78.9 Å². The fraction of sp³-hybridized carbons (Fsp3) is 0.345. The van der Waals surface area contributed by atoms with Gasteiger partial charge in [-0.25, -0.2) is 0 Å². The standard InChI is InChI=1S/C29H34O8/c1-31-16-18-33-21-35-26-15-9-14-25(29(26)36-22-34-19-17-32-2)20-27(30)37-28(23-10-5-3-6-11-23)24-12-7-4-8-13-24/h3-15,28H,16-22H2,1-2H3. The van der Waals surface area contributed by atoms with Crippen molar-refractivity contribution in [2.24, 2.45) is 0 Å². The van der Waals surface area contributed by atoms with E-state index in [1.54, 1.807) is 32.4 Å². The first-order valence-electron chi connectivity index (χ1n) is 12.0. The molecule has 0 bridgehead atoms. The van der Waals surface area contributed by atoms with Gasteiger partial charge in [-0.1, -0.05) is 72.8 Å². The highest BCUT2D eigenvalue weighted by Crippen LogP contribution is 2.33. The highest BCUT2D eigenvalue weighted by Gasteiger charge is 2.21. The molecule has 0 saturated heterocycles. The molecule has 0 aliphatic rings. The molecular weight excluding hydrogens is 476 g/mol. The van der Waals surface area contributed by atoms with E-state index in [4.69, 9.17) is 33.2 Å². The Labute approximate surface area is 218 Å². The lowest BCUT2D eigenvalue weighted by molar-refractivity contribution is -0.146. The number of para-hydroxylation sites is 1. The third kappa shape index (κ3) is 9.51. The predicted octanol–water partition coefficient (Wildman–Crippen LogP) is 4.56. The van der Waals surface area contributed by atoms with Crippen molar-refractivity contribution >= 4 is 5.97 Å². The molecule has 8 nitrogen and oxygen atoms in total. The number of hydrogen-bond donors (Lipinski definition) is 0. The maximum atomic E-state index is 13.2. The number of ether oxygens (including phenoxy) is 7. The summed E-state index contributed by atoms with van der Waals surface area (Å²) < 4.78 is 38.5. The van der Waals surface area contributed by atoms with Crippen LogP contribution in [0.4, 0.5) is 0 Å². The fourth-order valence-electron chi connectivity index (χ4n) is 3.50. The van der Waals surface area contributed by atoms with E-state index < -0.39 is 12.1 Å². The quantitative estimate of drug-likeness (QED) is 0.149. The zero-order valence-electron chi connectivity index (χ0n) is 21.3. The molecule has 3 rings (SSSR count). The highest BCUT2D eigenvalue weighted by molar-refractivity contribution is 5.75. The maximum Gasteiger partial charge on any atom is 0.311 e. The van der Waals surface area contributed by atoms with Crippen molar-refractivity contribution in [2.45, 2.75) is 12.5 Å². The minimum Gasteiger partial charge on any atom is -0.464 e. The Morgan fingerprint density at radius 3 is 1.81 bits per heavy atom. The van der Waals surface area contributed by atoms with Crippen LogP contribution in [-0.4, -0.2) is 60.2 Å². The Kier molecular flexibility index (Phi) is 12.4. The molecule has 0 fully saturated rings. The average molecular weight is 511 g/mol. The second-order valence-electron chi connectivity index (χ2n) is 7.94. The van der Waals surface area contributed by atoms with Crippen LogP contribution < -0.4 is 9.47 Å². The van der Waals surface area contributed by atoms with Crippen molar-refractivity contribution in [3.63, 3.8) is 0 Å². The number of methoxy groups -OCH3 is 2. The van der Waals surface area contributed by atoms with Gasteiger partial charge >= 0.3 is 5.97 Å². The topological polar surface area (TPSA) is 81.7 Å². The minimum atomic E-state index is -0.537. The van der Waals surface area contributed by atoms with E-state index in [1.807, 2.05) is 60.7 Å². The van der Waals surface area contributed by atoms with E-state index in [2.05, 4.69) is 0 Å². The molecule has 8 heteroatoms. The number of carbonyl (C=O) groups is 1. The molecule has 0 aliphatic heterocycles. The lowest BCUT2D eigenvalue weighted by Gasteiger charge is -2.20. The summed E-state index contributed by atoms with van der Waals surface area (Å²) in [4.78, 5) is 13.2. The third-order valence-electron chi connectivity index (χ3n) is 5.30. The number of rotatable bonds is 17. The van der Waals surface area contributed by atoms with Crippen LogP contribution in [0, 0.1) is 0 Å². The SMILES string of the molecule is COCCOCOc1cccc(CC(=O)OC(c2ccccc2)c2ccccc2)c1OCOCCOC. The minimum absolute atomic E-state index is 0.00222. The van der Waals surface area contributed by atoms with Crippen LogP contribution in [0.25, 0.3) is 0 Å². The molecule has 0 atom stereocenters. The average Bonchev–Trinajstić information content (AvgIpc) is 2.93. The van der Waals surface area contributed by atoms with Crippen LogP contribution in [0.5, 0.6) is 11.5 Å². The normalized spacial score (nSPS) is 10.9. The van der Waals surface area contributed by atoms with Crippen molar-refractivity contribution in [1.82, 2.24) is 0 Å². The van der Waals surface area contributed by atoms with Crippen molar-refractivity contribution in [1.29, 1.82) is 0 Å². The predicted molar refractivity (Wildman–Crippen MR) is 138 cm³/mol. The highest BCUT2D eigenvalue weighted by atomic mass is 16.7. The summed E-state index contributed by atoms with van der Waals surface area (Å²) in [5.74, 6) is 0.417. The van der Waals surface area contributed by atoms with Crippen LogP contribution in [0.1, 0.15) is 22.8 Å². The van der Waals surface area contributed by atoms with Gasteiger partial charge in [-0.15, -0.1) is 0 Å². The lowest BCUT2D eigenvalue weighted by Crippen LogP contribution is -2.16. The molecule has 0 aromatic heterocycles. The number of esters is 1. The third-order valence-corrected chi connectivity index (χ3v) is 5.30. The summed E-state index contributed by atoms with van der Waals surface area (Å²) in [5.41, 5.74) is 2.38. The smallest absolute Gasteiger partial charge is 0.311 e. The Bertz CT molecular complexity index is 1000. The molecule has 0 N–H and O–H groups in total. The second-order valence-corrected chi connectivity index (χ2v) is 7.94. The van der Waals surface area contributed by atoms with Gasteiger partial charge in [0, 0.05) is 19.8 Å². The zero-order valence-corrected chi connectivity index (χ0v) is 21.3. The lowest BCUT2D eigenvalue weighted by atomic mass is 10.0. The summed E-state index contributed by atoms with van der Waals surface area (Å²) in [6, 6.07) is 24.6. The Balaban J connectivity index is 1.74. The van der Waals surface area contributed by atoms with Crippen molar-refractivity contribution in [2.75, 3.05) is 54.2 Å². The van der Waals surface area contributed by atoms with Crippen LogP contribution >= 0.6 is 0 Å². The molecule has 0 amide bonds. The van der Waals surface area contributed by atoms with Gasteiger partial charge in [0.05, 0.1) is 32.8 Å². The van der Waals surface area contributed by atoms with E-state index in [9.17, 15) is 4.79 Å². The van der Waals surface area contributed by atoms with Crippen LogP contribution in [0.3, 0.4) is 0 Å². The molecule has 0 unspecified atom stereocenters. The van der Waals surface area contributed by atoms with Gasteiger partial charge in [-0.2, -0.15) is 0 Å². The number of carbonyl (C=O) groups excluding carboxylic acids is 1. The molecule has 198 valence electrons. The summed E-state index contributed by atoms with van der Waals surface area (Å²) in [6.45, 7) is 1.62. The number of hydrogen-bond acceptors (Lipinski definition) is 8. The van der Waals surface area contributed by atoms with Gasteiger partial charge in [-0.3, -0.25) is 4.79 Å². The van der Waals surface area contributed by atoms with Gasteiger partial charge in [0.25, 0.3) is 0 Å². The molecule has 0 aliphatic carbocycles. The summed E-state index contributed by atoms with van der Waals surface area (Å²) in [7, 11) is 3.20. The summed E-state index contributed by atoms with van der Waals surface area (Å²) in [5, 5.41) is 0.